The molecule has 1 aliphatic rings. The van der Waals surface area contributed by atoms with Crippen molar-refractivity contribution in [3.05, 3.63) is 68.7 Å². The molecule has 4 nitrogen and oxygen atoms in total. The lowest BCUT2D eigenvalue weighted by Crippen LogP contribution is -2.42. The smallest absolute Gasteiger partial charge is 0.271 e. The van der Waals surface area contributed by atoms with Crippen molar-refractivity contribution >= 4 is 35.0 Å². The van der Waals surface area contributed by atoms with E-state index in [1.54, 1.807) is 6.07 Å². The number of hydrogen-bond donors (Lipinski definition) is 2. The van der Waals surface area contributed by atoms with E-state index in [9.17, 15) is 9.59 Å². The molecule has 2 amide bonds. The average molecular weight is 377 g/mol. The van der Waals surface area contributed by atoms with Gasteiger partial charge in [-0.2, -0.15) is 0 Å². The standard InChI is InChI=1S/C19H18Cl2N2O2/c20-15-7-8-17(21)16(11-15)19(25)23-22-18(24)10-12-5-6-13-3-1-2-4-14(13)9-12/h5-9,11H,1-4,10H2,(H,22,24)(H,23,25). The van der Waals surface area contributed by atoms with E-state index in [-0.39, 0.29) is 22.9 Å². The highest BCUT2D eigenvalue weighted by molar-refractivity contribution is 6.35. The fraction of sp³-hybridized carbons (Fsp3) is 0.263. The highest BCUT2D eigenvalue weighted by Crippen LogP contribution is 2.22. The molecule has 0 spiro atoms. The second kappa shape index (κ2) is 7.89. The Morgan fingerprint density at radius 1 is 0.920 bits per heavy atom. The van der Waals surface area contributed by atoms with Gasteiger partial charge in [-0.25, -0.2) is 0 Å². The maximum absolute atomic E-state index is 12.1. The van der Waals surface area contributed by atoms with Crippen molar-refractivity contribution in [2.24, 2.45) is 0 Å². The van der Waals surface area contributed by atoms with Gasteiger partial charge in [0.15, 0.2) is 0 Å². The van der Waals surface area contributed by atoms with E-state index in [1.165, 1.54) is 36.1 Å². The second-order valence-electron chi connectivity index (χ2n) is 6.11. The van der Waals surface area contributed by atoms with Gasteiger partial charge in [0.2, 0.25) is 5.91 Å². The molecule has 0 fully saturated rings. The quantitative estimate of drug-likeness (QED) is 0.798. The maximum Gasteiger partial charge on any atom is 0.271 e. The van der Waals surface area contributed by atoms with E-state index in [2.05, 4.69) is 23.0 Å². The number of benzene rings is 2. The Balaban J connectivity index is 1.58. The Hall–Kier alpha value is -2.04. The molecule has 2 aromatic rings. The highest BCUT2D eigenvalue weighted by Gasteiger charge is 2.14. The third-order valence-corrected chi connectivity index (χ3v) is 4.83. The van der Waals surface area contributed by atoms with Gasteiger partial charge in [-0.15, -0.1) is 0 Å². The van der Waals surface area contributed by atoms with Crippen LogP contribution in [0.4, 0.5) is 0 Å². The van der Waals surface area contributed by atoms with Crippen LogP contribution in [0.3, 0.4) is 0 Å². The number of halogens is 2. The monoisotopic (exact) mass is 376 g/mol. The van der Waals surface area contributed by atoms with E-state index in [1.807, 2.05) is 6.07 Å². The van der Waals surface area contributed by atoms with Crippen LogP contribution in [0.25, 0.3) is 0 Å². The zero-order valence-electron chi connectivity index (χ0n) is 13.6. The Morgan fingerprint density at radius 3 is 2.48 bits per heavy atom. The predicted molar refractivity (Wildman–Crippen MR) is 98.9 cm³/mol. The summed E-state index contributed by atoms with van der Waals surface area (Å²) in [6.45, 7) is 0. The summed E-state index contributed by atoms with van der Waals surface area (Å²) in [5, 5.41) is 0.667. The Labute approximate surface area is 156 Å². The van der Waals surface area contributed by atoms with Crippen molar-refractivity contribution in [1.29, 1.82) is 0 Å². The number of amides is 2. The molecule has 0 aromatic heterocycles. The molecule has 0 heterocycles. The summed E-state index contributed by atoms with van der Waals surface area (Å²) in [7, 11) is 0. The fourth-order valence-electron chi connectivity index (χ4n) is 2.99. The third-order valence-electron chi connectivity index (χ3n) is 4.27. The van der Waals surface area contributed by atoms with Gasteiger partial charge in [0.25, 0.3) is 5.91 Å². The summed E-state index contributed by atoms with van der Waals surface area (Å²) in [6.07, 6.45) is 4.80. The molecule has 130 valence electrons. The summed E-state index contributed by atoms with van der Waals surface area (Å²) >= 11 is 11.8. The first kappa shape index (κ1) is 17.8. The van der Waals surface area contributed by atoms with E-state index >= 15 is 0 Å². The highest BCUT2D eigenvalue weighted by atomic mass is 35.5. The molecule has 2 aromatic carbocycles. The van der Waals surface area contributed by atoms with Gasteiger partial charge >= 0.3 is 0 Å². The molecule has 2 N–H and O–H groups in total. The lowest BCUT2D eigenvalue weighted by atomic mass is 9.90. The number of hydrogen-bond acceptors (Lipinski definition) is 2. The summed E-state index contributed by atoms with van der Waals surface area (Å²) in [4.78, 5) is 24.2. The molecular weight excluding hydrogens is 359 g/mol. The van der Waals surface area contributed by atoms with Crippen LogP contribution >= 0.6 is 23.2 Å². The van der Waals surface area contributed by atoms with Crippen LogP contribution in [0, 0.1) is 0 Å². The van der Waals surface area contributed by atoms with Crippen LogP contribution in [0.2, 0.25) is 10.0 Å². The molecule has 1 aliphatic carbocycles. The SMILES string of the molecule is O=C(Cc1ccc2c(c1)CCCC2)NNC(=O)c1cc(Cl)ccc1Cl. The van der Waals surface area contributed by atoms with Crippen LogP contribution < -0.4 is 10.9 Å². The van der Waals surface area contributed by atoms with E-state index < -0.39 is 5.91 Å². The number of nitrogens with one attached hydrogen (secondary N) is 2. The van der Waals surface area contributed by atoms with Gasteiger partial charge in [0, 0.05) is 5.02 Å². The Bertz CT molecular complexity index is 821. The number of carbonyl (C=O) groups is 2. The van der Waals surface area contributed by atoms with Crippen LogP contribution in [-0.4, -0.2) is 11.8 Å². The van der Waals surface area contributed by atoms with Crippen molar-refractivity contribution in [3.8, 4) is 0 Å². The number of hydrazine groups is 1. The van der Waals surface area contributed by atoms with Gasteiger partial charge < -0.3 is 0 Å². The third kappa shape index (κ3) is 4.53. The zero-order valence-corrected chi connectivity index (χ0v) is 15.1. The summed E-state index contributed by atoms with van der Waals surface area (Å²) < 4.78 is 0. The topological polar surface area (TPSA) is 58.2 Å². The minimum atomic E-state index is -0.508. The largest absolute Gasteiger partial charge is 0.273 e. The molecule has 0 unspecified atom stereocenters. The number of aryl methyl sites for hydroxylation is 2. The van der Waals surface area contributed by atoms with Gasteiger partial charge in [-0.3, -0.25) is 20.4 Å². The van der Waals surface area contributed by atoms with Crippen molar-refractivity contribution in [1.82, 2.24) is 10.9 Å². The minimum absolute atomic E-state index is 0.205. The summed E-state index contributed by atoms with van der Waals surface area (Å²) in [5.41, 5.74) is 8.63. The number of carbonyl (C=O) groups excluding carboxylic acids is 2. The molecule has 3 rings (SSSR count). The Morgan fingerprint density at radius 2 is 1.68 bits per heavy atom. The minimum Gasteiger partial charge on any atom is -0.273 e. The van der Waals surface area contributed by atoms with Gasteiger partial charge in [-0.05, 0) is 60.6 Å². The molecule has 0 atom stereocenters. The molecule has 6 heteroatoms. The first-order valence-electron chi connectivity index (χ1n) is 8.18. The van der Waals surface area contributed by atoms with Crippen LogP contribution in [-0.2, 0) is 24.1 Å². The summed E-state index contributed by atoms with van der Waals surface area (Å²) in [6, 6.07) is 10.7. The second-order valence-corrected chi connectivity index (χ2v) is 6.96. The molecule has 0 saturated heterocycles. The van der Waals surface area contributed by atoms with Crippen LogP contribution in [0.1, 0.15) is 39.9 Å². The molecule has 0 aliphatic heterocycles. The predicted octanol–water partition coefficient (Wildman–Crippen LogP) is 3.88. The lowest BCUT2D eigenvalue weighted by molar-refractivity contribution is -0.121. The Kier molecular flexibility index (Phi) is 5.61. The molecule has 0 bridgehead atoms. The van der Waals surface area contributed by atoms with Crippen molar-refractivity contribution in [2.45, 2.75) is 32.1 Å². The van der Waals surface area contributed by atoms with Crippen molar-refractivity contribution < 1.29 is 9.59 Å². The zero-order chi connectivity index (χ0) is 17.8. The normalized spacial score (nSPS) is 13.0. The number of fused-ring (bicyclic) bond motifs is 1. The van der Waals surface area contributed by atoms with E-state index in [4.69, 9.17) is 23.2 Å². The fourth-order valence-corrected chi connectivity index (χ4v) is 3.37. The van der Waals surface area contributed by atoms with E-state index in [0.717, 1.165) is 18.4 Å². The molecule has 0 radical (unpaired) electrons. The molecule has 0 saturated carbocycles. The van der Waals surface area contributed by atoms with Gasteiger partial charge in [0.1, 0.15) is 0 Å². The first-order chi connectivity index (χ1) is 12.0. The van der Waals surface area contributed by atoms with Gasteiger partial charge in [-0.1, -0.05) is 41.4 Å². The van der Waals surface area contributed by atoms with E-state index in [0.29, 0.717) is 5.02 Å². The van der Waals surface area contributed by atoms with Crippen molar-refractivity contribution in [3.63, 3.8) is 0 Å². The average Bonchev–Trinajstić information content (AvgIpc) is 2.61. The summed E-state index contributed by atoms with van der Waals surface area (Å²) in [5.74, 6) is -0.798. The van der Waals surface area contributed by atoms with Crippen LogP contribution in [0.5, 0.6) is 0 Å². The molecule has 25 heavy (non-hydrogen) atoms. The number of rotatable bonds is 3. The maximum atomic E-state index is 12.1. The van der Waals surface area contributed by atoms with Crippen molar-refractivity contribution in [2.75, 3.05) is 0 Å². The first-order valence-corrected chi connectivity index (χ1v) is 8.93. The van der Waals surface area contributed by atoms with Crippen LogP contribution in [0.15, 0.2) is 36.4 Å². The molecular formula is C19H18Cl2N2O2. The van der Waals surface area contributed by atoms with Gasteiger partial charge in [0.05, 0.1) is 17.0 Å². The lowest BCUT2D eigenvalue weighted by Gasteiger charge is -2.16.